The van der Waals surface area contributed by atoms with Gasteiger partial charge in [-0.05, 0) is 18.4 Å². The van der Waals surface area contributed by atoms with Gasteiger partial charge in [0.15, 0.2) is 0 Å². The van der Waals surface area contributed by atoms with Crippen LogP contribution < -0.4 is 0 Å². The Bertz CT molecular complexity index is 668. The zero-order valence-corrected chi connectivity index (χ0v) is 14.1. The molecule has 1 fully saturated rings. The van der Waals surface area contributed by atoms with Gasteiger partial charge in [0.25, 0.3) is 5.91 Å². The summed E-state index contributed by atoms with van der Waals surface area (Å²) in [6, 6.07) is 10.1. The van der Waals surface area contributed by atoms with Gasteiger partial charge in [0.05, 0.1) is 24.4 Å². The van der Waals surface area contributed by atoms with E-state index in [2.05, 4.69) is 5.10 Å². The number of carbonyl (C=O) groups is 1. The molecule has 0 aliphatic heterocycles. The Kier molecular flexibility index (Phi) is 5.30. The molecule has 0 bridgehead atoms. The predicted octanol–water partition coefficient (Wildman–Crippen LogP) is 2.55. The van der Waals surface area contributed by atoms with Crippen LogP contribution in [-0.4, -0.2) is 45.4 Å². The lowest BCUT2D eigenvalue weighted by Crippen LogP contribution is -2.38. The van der Waals surface area contributed by atoms with Crippen molar-refractivity contribution < 1.29 is 9.90 Å². The van der Waals surface area contributed by atoms with Gasteiger partial charge in [-0.15, -0.1) is 0 Å². The maximum Gasteiger partial charge on any atom is 0.256 e. The van der Waals surface area contributed by atoms with Gasteiger partial charge in [-0.25, -0.2) is 0 Å². The second-order valence-corrected chi connectivity index (χ2v) is 6.71. The topological polar surface area (TPSA) is 58.4 Å². The van der Waals surface area contributed by atoms with E-state index in [0.29, 0.717) is 18.7 Å². The van der Waals surface area contributed by atoms with E-state index in [0.717, 1.165) is 31.2 Å². The summed E-state index contributed by atoms with van der Waals surface area (Å²) < 4.78 is 1.78. The molecule has 1 aromatic carbocycles. The average molecular weight is 327 g/mol. The fourth-order valence-electron chi connectivity index (χ4n) is 3.39. The van der Waals surface area contributed by atoms with Crippen LogP contribution in [0.2, 0.25) is 0 Å². The van der Waals surface area contributed by atoms with Crippen LogP contribution in [0.25, 0.3) is 0 Å². The highest BCUT2D eigenvalue weighted by Crippen LogP contribution is 2.25. The van der Waals surface area contributed by atoms with Crippen LogP contribution in [0.5, 0.6) is 0 Å². The van der Waals surface area contributed by atoms with Crippen LogP contribution in [0.1, 0.15) is 41.6 Å². The van der Waals surface area contributed by atoms with Crippen molar-refractivity contribution in [3.8, 4) is 0 Å². The number of carbonyl (C=O) groups excluding carboxylic acids is 1. The van der Waals surface area contributed by atoms with Crippen LogP contribution in [0, 0.1) is 5.92 Å². The van der Waals surface area contributed by atoms with Gasteiger partial charge in [0, 0.05) is 25.7 Å². The number of aliphatic hydroxyl groups excluding tert-OH is 1. The molecular formula is C19H25N3O2. The predicted molar refractivity (Wildman–Crippen MR) is 92.7 cm³/mol. The molecule has 1 heterocycles. The van der Waals surface area contributed by atoms with Crippen molar-refractivity contribution in [2.24, 2.45) is 5.92 Å². The Morgan fingerprint density at radius 1 is 1.29 bits per heavy atom. The fraction of sp³-hybridized carbons (Fsp3) is 0.474. The molecule has 1 N–H and O–H groups in total. The Hall–Kier alpha value is -2.14. The summed E-state index contributed by atoms with van der Waals surface area (Å²) in [6.45, 7) is 1.25. The average Bonchev–Trinajstić information content (AvgIpc) is 3.05. The smallest absolute Gasteiger partial charge is 0.256 e. The number of amides is 1. The third-order valence-corrected chi connectivity index (χ3v) is 4.79. The van der Waals surface area contributed by atoms with Crippen LogP contribution >= 0.6 is 0 Å². The number of aromatic nitrogens is 2. The van der Waals surface area contributed by atoms with Crippen LogP contribution in [-0.2, 0) is 6.54 Å². The molecule has 24 heavy (non-hydrogen) atoms. The summed E-state index contributed by atoms with van der Waals surface area (Å²) in [5, 5.41) is 14.4. The lowest BCUT2D eigenvalue weighted by molar-refractivity contribution is 0.0451. The largest absolute Gasteiger partial charge is 0.393 e. The number of hydrogen-bond donors (Lipinski definition) is 1. The first-order valence-corrected chi connectivity index (χ1v) is 8.63. The minimum Gasteiger partial charge on any atom is -0.393 e. The maximum absolute atomic E-state index is 12.6. The number of benzene rings is 1. The van der Waals surface area contributed by atoms with Gasteiger partial charge in [-0.1, -0.05) is 43.2 Å². The van der Waals surface area contributed by atoms with Crippen molar-refractivity contribution in [2.45, 2.75) is 38.3 Å². The van der Waals surface area contributed by atoms with E-state index in [1.165, 1.54) is 0 Å². The van der Waals surface area contributed by atoms with Crippen molar-refractivity contribution in [3.05, 3.63) is 53.9 Å². The van der Waals surface area contributed by atoms with Gasteiger partial charge in [-0.2, -0.15) is 5.10 Å². The number of nitrogens with zero attached hydrogens (tertiary/aromatic N) is 3. The first-order chi connectivity index (χ1) is 11.6. The summed E-state index contributed by atoms with van der Waals surface area (Å²) in [4.78, 5) is 14.3. The van der Waals surface area contributed by atoms with E-state index in [1.807, 2.05) is 30.3 Å². The Balaban J connectivity index is 1.60. The minimum atomic E-state index is -0.283. The molecule has 1 aromatic heterocycles. The SMILES string of the molecule is CN(CC1CCCCC1O)C(=O)c1cnn(Cc2ccccc2)c1. The fourth-order valence-corrected chi connectivity index (χ4v) is 3.39. The molecule has 1 saturated carbocycles. The molecule has 2 aromatic rings. The Labute approximate surface area is 142 Å². The number of rotatable bonds is 5. The number of aliphatic hydroxyl groups is 1. The molecule has 1 aliphatic carbocycles. The van der Waals surface area contributed by atoms with Crippen molar-refractivity contribution in [1.29, 1.82) is 0 Å². The summed E-state index contributed by atoms with van der Waals surface area (Å²) >= 11 is 0. The van der Waals surface area contributed by atoms with Crippen LogP contribution in [0.3, 0.4) is 0 Å². The van der Waals surface area contributed by atoms with E-state index >= 15 is 0 Å². The lowest BCUT2D eigenvalue weighted by Gasteiger charge is -2.31. The lowest BCUT2D eigenvalue weighted by atomic mass is 9.86. The van der Waals surface area contributed by atoms with Gasteiger partial charge < -0.3 is 10.0 Å². The highest BCUT2D eigenvalue weighted by molar-refractivity contribution is 5.93. The Morgan fingerprint density at radius 2 is 2.04 bits per heavy atom. The molecule has 5 heteroatoms. The Morgan fingerprint density at radius 3 is 2.79 bits per heavy atom. The standard InChI is InChI=1S/C19H25N3O2/c1-21(13-16-9-5-6-10-18(16)23)19(24)17-11-20-22(14-17)12-15-7-3-2-4-8-15/h2-4,7-8,11,14,16,18,23H,5-6,9-10,12-13H2,1H3. The third kappa shape index (κ3) is 4.03. The zero-order valence-electron chi connectivity index (χ0n) is 14.1. The van der Waals surface area contributed by atoms with Gasteiger partial charge in [0.1, 0.15) is 0 Å². The number of hydrogen-bond acceptors (Lipinski definition) is 3. The molecule has 0 spiro atoms. The van der Waals surface area contributed by atoms with Crippen molar-refractivity contribution in [2.75, 3.05) is 13.6 Å². The molecule has 2 atom stereocenters. The second-order valence-electron chi connectivity index (χ2n) is 6.71. The quantitative estimate of drug-likeness (QED) is 0.918. The molecule has 1 amide bonds. The van der Waals surface area contributed by atoms with Crippen molar-refractivity contribution in [1.82, 2.24) is 14.7 Å². The molecule has 2 unspecified atom stereocenters. The minimum absolute atomic E-state index is 0.0351. The van der Waals surface area contributed by atoms with Gasteiger partial charge in [0.2, 0.25) is 0 Å². The molecule has 1 aliphatic rings. The first-order valence-electron chi connectivity index (χ1n) is 8.63. The van der Waals surface area contributed by atoms with Crippen molar-refractivity contribution in [3.63, 3.8) is 0 Å². The molecule has 5 nitrogen and oxygen atoms in total. The van der Waals surface area contributed by atoms with E-state index in [9.17, 15) is 9.90 Å². The normalized spacial score (nSPS) is 20.8. The van der Waals surface area contributed by atoms with Gasteiger partial charge >= 0.3 is 0 Å². The molecular weight excluding hydrogens is 302 g/mol. The monoisotopic (exact) mass is 327 g/mol. The van der Waals surface area contributed by atoms with Crippen molar-refractivity contribution >= 4 is 5.91 Å². The summed E-state index contributed by atoms with van der Waals surface area (Å²) in [6.07, 6.45) is 7.20. The zero-order chi connectivity index (χ0) is 16.9. The molecule has 0 saturated heterocycles. The van der Waals surface area contributed by atoms with E-state index in [4.69, 9.17) is 0 Å². The summed E-state index contributed by atoms with van der Waals surface area (Å²) in [5.41, 5.74) is 1.75. The molecule has 3 rings (SSSR count). The van der Waals surface area contributed by atoms with E-state index in [-0.39, 0.29) is 17.9 Å². The molecule has 128 valence electrons. The highest BCUT2D eigenvalue weighted by Gasteiger charge is 2.26. The van der Waals surface area contributed by atoms with Crippen LogP contribution in [0.15, 0.2) is 42.7 Å². The summed E-state index contributed by atoms with van der Waals surface area (Å²) in [7, 11) is 1.80. The second kappa shape index (κ2) is 7.62. The molecule has 0 radical (unpaired) electrons. The third-order valence-electron chi connectivity index (χ3n) is 4.79. The van der Waals surface area contributed by atoms with E-state index in [1.54, 1.807) is 29.0 Å². The first kappa shape index (κ1) is 16.7. The van der Waals surface area contributed by atoms with Gasteiger partial charge in [-0.3, -0.25) is 9.48 Å². The van der Waals surface area contributed by atoms with E-state index < -0.39 is 0 Å². The van der Waals surface area contributed by atoms with Crippen LogP contribution in [0.4, 0.5) is 0 Å². The maximum atomic E-state index is 12.6. The summed E-state index contributed by atoms with van der Waals surface area (Å²) in [5.74, 6) is 0.152. The highest BCUT2D eigenvalue weighted by atomic mass is 16.3.